The lowest BCUT2D eigenvalue weighted by Gasteiger charge is -2.16. The molecular formula is C14H21NO3. The number of carbonyl (C=O) groups excluding carboxylic acids is 1. The molecule has 0 aliphatic heterocycles. The first-order valence-electron chi connectivity index (χ1n) is 6.28. The van der Waals surface area contributed by atoms with Gasteiger partial charge < -0.3 is 15.2 Å². The molecule has 1 aromatic carbocycles. The van der Waals surface area contributed by atoms with Crippen molar-refractivity contribution in [3.63, 3.8) is 0 Å². The molecule has 0 aromatic heterocycles. The number of hydrogen-bond donors (Lipinski definition) is 2. The highest BCUT2D eigenvalue weighted by atomic mass is 16.5. The zero-order chi connectivity index (χ0) is 13.2. The summed E-state index contributed by atoms with van der Waals surface area (Å²) < 4.78 is 5.15. The van der Waals surface area contributed by atoms with Gasteiger partial charge in [0.05, 0.1) is 12.6 Å². The minimum absolute atomic E-state index is 0.0547. The summed E-state index contributed by atoms with van der Waals surface area (Å²) in [6.45, 7) is 2.55. The summed E-state index contributed by atoms with van der Waals surface area (Å²) in [7, 11) is 0. The van der Waals surface area contributed by atoms with E-state index in [1.807, 2.05) is 37.3 Å². The van der Waals surface area contributed by atoms with Gasteiger partial charge in [-0.2, -0.15) is 0 Å². The van der Waals surface area contributed by atoms with E-state index in [2.05, 4.69) is 5.32 Å². The van der Waals surface area contributed by atoms with E-state index in [-0.39, 0.29) is 25.2 Å². The lowest BCUT2D eigenvalue weighted by Crippen LogP contribution is -2.41. The van der Waals surface area contributed by atoms with Gasteiger partial charge in [-0.1, -0.05) is 37.3 Å². The molecule has 100 valence electrons. The van der Waals surface area contributed by atoms with Crippen molar-refractivity contribution in [2.75, 3.05) is 19.8 Å². The Morgan fingerprint density at radius 1 is 1.39 bits per heavy atom. The van der Waals surface area contributed by atoms with Crippen LogP contribution in [0.1, 0.15) is 18.9 Å². The van der Waals surface area contributed by atoms with Crippen LogP contribution in [-0.2, 0) is 16.0 Å². The van der Waals surface area contributed by atoms with E-state index in [4.69, 9.17) is 4.74 Å². The number of rotatable bonds is 8. The summed E-state index contributed by atoms with van der Waals surface area (Å²) in [5.74, 6) is -0.182. The summed E-state index contributed by atoms with van der Waals surface area (Å²) in [6, 6.07) is 9.51. The van der Waals surface area contributed by atoms with Crippen LogP contribution in [0.4, 0.5) is 0 Å². The highest BCUT2D eigenvalue weighted by Gasteiger charge is 2.11. The van der Waals surface area contributed by atoms with Crippen LogP contribution in [0, 0.1) is 0 Å². The van der Waals surface area contributed by atoms with E-state index in [1.54, 1.807) is 0 Å². The average Bonchev–Trinajstić information content (AvgIpc) is 2.39. The lowest BCUT2D eigenvalue weighted by atomic mass is 10.1. The molecule has 1 aromatic rings. The second-order valence-electron chi connectivity index (χ2n) is 4.19. The fraction of sp³-hybridized carbons (Fsp3) is 0.500. The molecule has 0 fully saturated rings. The Labute approximate surface area is 108 Å². The zero-order valence-electron chi connectivity index (χ0n) is 10.8. The largest absolute Gasteiger partial charge is 0.394 e. The van der Waals surface area contributed by atoms with Crippen LogP contribution in [0.15, 0.2) is 30.3 Å². The predicted octanol–water partition coefficient (Wildman–Crippen LogP) is 1.13. The molecule has 2 N–H and O–H groups in total. The van der Waals surface area contributed by atoms with Crippen LogP contribution in [0.5, 0.6) is 0 Å². The standard InChI is InChI=1S/C14H21NO3/c1-2-8-18-11-14(17)15-13(10-16)9-12-6-4-3-5-7-12/h3-7,13,16H,2,8-11H2,1H3,(H,15,17). The number of carbonyl (C=O) groups is 1. The third-order valence-corrected chi connectivity index (χ3v) is 2.49. The van der Waals surface area contributed by atoms with Gasteiger partial charge >= 0.3 is 0 Å². The van der Waals surface area contributed by atoms with Crippen molar-refractivity contribution in [2.24, 2.45) is 0 Å². The maximum Gasteiger partial charge on any atom is 0.246 e. The smallest absolute Gasteiger partial charge is 0.246 e. The molecule has 0 spiro atoms. The summed E-state index contributed by atoms with van der Waals surface area (Å²) in [5.41, 5.74) is 1.09. The van der Waals surface area contributed by atoms with Crippen molar-refractivity contribution in [3.8, 4) is 0 Å². The number of hydrogen-bond acceptors (Lipinski definition) is 3. The van der Waals surface area contributed by atoms with Crippen molar-refractivity contribution < 1.29 is 14.6 Å². The number of amides is 1. The monoisotopic (exact) mass is 251 g/mol. The quantitative estimate of drug-likeness (QED) is 0.681. The average molecular weight is 251 g/mol. The lowest BCUT2D eigenvalue weighted by molar-refractivity contribution is -0.126. The van der Waals surface area contributed by atoms with Crippen molar-refractivity contribution in [2.45, 2.75) is 25.8 Å². The van der Waals surface area contributed by atoms with Crippen molar-refractivity contribution in [1.82, 2.24) is 5.32 Å². The van der Waals surface area contributed by atoms with Gasteiger partial charge in [-0.15, -0.1) is 0 Å². The number of nitrogens with one attached hydrogen (secondary N) is 1. The minimum Gasteiger partial charge on any atom is -0.394 e. The topological polar surface area (TPSA) is 58.6 Å². The van der Waals surface area contributed by atoms with E-state index in [0.29, 0.717) is 13.0 Å². The van der Waals surface area contributed by atoms with Gasteiger partial charge in [-0.05, 0) is 18.4 Å². The highest BCUT2D eigenvalue weighted by molar-refractivity contribution is 5.77. The van der Waals surface area contributed by atoms with Gasteiger partial charge in [0.2, 0.25) is 5.91 Å². The van der Waals surface area contributed by atoms with Gasteiger partial charge in [-0.25, -0.2) is 0 Å². The second-order valence-corrected chi connectivity index (χ2v) is 4.19. The van der Waals surface area contributed by atoms with Crippen LogP contribution >= 0.6 is 0 Å². The fourth-order valence-corrected chi connectivity index (χ4v) is 1.64. The van der Waals surface area contributed by atoms with E-state index in [1.165, 1.54) is 0 Å². The molecule has 4 nitrogen and oxygen atoms in total. The number of ether oxygens (including phenoxy) is 1. The van der Waals surface area contributed by atoms with E-state index in [0.717, 1.165) is 12.0 Å². The van der Waals surface area contributed by atoms with Crippen LogP contribution in [0.3, 0.4) is 0 Å². The van der Waals surface area contributed by atoms with Crippen molar-refractivity contribution in [1.29, 1.82) is 0 Å². The first kappa shape index (κ1) is 14.7. The first-order valence-corrected chi connectivity index (χ1v) is 6.28. The molecule has 4 heteroatoms. The minimum atomic E-state index is -0.259. The SMILES string of the molecule is CCCOCC(=O)NC(CO)Cc1ccccc1. The molecule has 0 radical (unpaired) electrons. The van der Waals surface area contributed by atoms with E-state index >= 15 is 0 Å². The maximum atomic E-state index is 11.5. The normalized spacial score (nSPS) is 12.1. The molecule has 0 heterocycles. The zero-order valence-corrected chi connectivity index (χ0v) is 10.8. The summed E-state index contributed by atoms with van der Waals surface area (Å²) in [4.78, 5) is 11.5. The highest BCUT2D eigenvalue weighted by Crippen LogP contribution is 2.02. The van der Waals surface area contributed by atoms with Gasteiger partial charge in [-0.3, -0.25) is 4.79 Å². The van der Waals surface area contributed by atoms with Gasteiger partial charge in [0.1, 0.15) is 6.61 Å². The Balaban J connectivity index is 2.35. The van der Waals surface area contributed by atoms with Crippen LogP contribution < -0.4 is 5.32 Å². The van der Waals surface area contributed by atoms with Gasteiger partial charge in [0.25, 0.3) is 0 Å². The molecule has 0 saturated carbocycles. The summed E-state index contributed by atoms with van der Waals surface area (Å²) in [5, 5.41) is 12.0. The van der Waals surface area contributed by atoms with Gasteiger partial charge in [0, 0.05) is 6.61 Å². The molecule has 0 aliphatic rings. The van der Waals surface area contributed by atoms with E-state index in [9.17, 15) is 9.90 Å². The van der Waals surface area contributed by atoms with Crippen LogP contribution in [0.25, 0.3) is 0 Å². The second kappa shape index (κ2) is 8.66. The Morgan fingerprint density at radius 3 is 2.72 bits per heavy atom. The first-order chi connectivity index (χ1) is 8.76. The number of benzene rings is 1. The number of aliphatic hydroxyl groups excluding tert-OH is 1. The molecule has 0 bridgehead atoms. The third-order valence-electron chi connectivity index (χ3n) is 2.49. The maximum absolute atomic E-state index is 11.5. The van der Waals surface area contributed by atoms with Gasteiger partial charge in [0.15, 0.2) is 0 Å². The fourth-order valence-electron chi connectivity index (χ4n) is 1.64. The molecule has 18 heavy (non-hydrogen) atoms. The number of aliphatic hydroxyl groups is 1. The predicted molar refractivity (Wildman–Crippen MR) is 70.3 cm³/mol. The molecule has 1 unspecified atom stereocenters. The third kappa shape index (κ3) is 5.80. The van der Waals surface area contributed by atoms with Crippen molar-refractivity contribution in [3.05, 3.63) is 35.9 Å². The van der Waals surface area contributed by atoms with Crippen LogP contribution in [0.2, 0.25) is 0 Å². The molecule has 1 rings (SSSR count). The Bertz CT molecular complexity index is 340. The molecule has 1 amide bonds. The van der Waals surface area contributed by atoms with E-state index < -0.39 is 0 Å². The molecule has 0 aliphatic carbocycles. The Morgan fingerprint density at radius 2 is 2.11 bits per heavy atom. The Hall–Kier alpha value is -1.39. The Kier molecular flexibility index (Phi) is 7.06. The molecule has 1 atom stereocenters. The summed E-state index contributed by atoms with van der Waals surface area (Å²) >= 11 is 0. The molecule has 0 saturated heterocycles. The van der Waals surface area contributed by atoms with Crippen LogP contribution in [-0.4, -0.2) is 36.9 Å². The van der Waals surface area contributed by atoms with Crippen molar-refractivity contribution >= 4 is 5.91 Å². The molecular weight excluding hydrogens is 230 g/mol. The summed E-state index contributed by atoms with van der Waals surface area (Å²) in [6.07, 6.45) is 1.51.